The number of aromatic nitrogens is 1. The summed E-state index contributed by atoms with van der Waals surface area (Å²) in [7, 11) is 0. The topological polar surface area (TPSA) is 97.4 Å². The van der Waals surface area contributed by atoms with Gasteiger partial charge in [-0.2, -0.15) is 0 Å². The summed E-state index contributed by atoms with van der Waals surface area (Å²) in [5.41, 5.74) is 0.928. The Balaban J connectivity index is 1.40. The molecule has 0 aliphatic rings. The third-order valence-electron chi connectivity index (χ3n) is 4.29. The van der Waals surface area contributed by atoms with E-state index in [0.29, 0.717) is 25.3 Å². The second-order valence-corrected chi connectivity index (χ2v) is 7.72. The van der Waals surface area contributed by atoms with Gasteiger partial charge in [-0.05, 0) is 18.6 Å². The predicted octanol–water partition coefficient (Wildman–Crippen LogP) is 3.78. The van der Waals surface area contributed by atoms with Crippen LogP contribution in [0.4, 0.5) is 0 Å². The van der Waals surface area contributed by atoms with Gasteiger partial charge in [0.2, 0.25) is 0 Å². The number of rotatable bonds is 7. The van der Waals surface area contributed by atoms with Crippen LogP contribution >= 0.6 is 0 Å². The van der Waals surface area contributed by atoms with Crippen LogP contribution in [0.1, 0.15) is 54.0 Å². The molecule has 0 fully saturated rings. The highest BCUT2D eigenvalue weighted by Gasteiger charge is 2.20. The zero-order chi connectivity index (χ0) is 20.9. The molecule has 0 bridgehead atoms. The lowest BCUT2D eigenvalue weighted by Crippen LogP contribution is -2.29. The molecule has 2 amide bonds. The van der Waals surface area contributed by atoms with Crippen molar-refractivity contribution in [3.63, 3.8) is 0 Å². The van der Waals surface area contributed by atoms with Gasteiger partial charge in [-0.15, -0.1) is 0 Å². The van der Waals surface area contributed by atoms with Gasteiger partial charge in [0.25, 0.3) is 11.8 Å². The number of benzene rings is 1. The average Bonchev–Trinajstić information content (AvgIpc) is 3.38. The molecule has 152 valence electrons. The summed E-state index contributed by atoms with van der Waals surface area (Å²) >= 11 is 0. The Hall–Kier alpha value is -3.35. The first-order valence-electron chi connectivity index (χ1n) is 9.53. The molecule has 0 saturated carbocycles. The maximum absolute atomic E-state index is 12.2. The van der Waals surface area contributed by atoms with Crippen molar-refractivity contribution in [1.82, 2.24) is 15.8 Å². The summed E-state index contributed by atoms with van der Waals surface area (Å²) in [6.45, 7) is 6.88. The number of nitrogens with zero attached hydrogens (tertiary/aromatic N) is 1. The third-order valence-corrected chi connectivity index (χ3v) is 4.29. The van der Waals surface area contributed by atoms with Crippen LogP contribution in [0.3, 0.4) is 0 Å². The molecule has 2 aromatic heterocycles. The molecule has 3 aromatic rings. The molecule has 0 aliphatic heterocycles. The second kappa shape index (κ2) is 8.77. The lowest BCUT2D eigenvalue weighted by Gasteiger charge is -2.14. The molecule has 29 heavy (non-hydrogen) atoms. The first kappa shape index (κ1) is 20.4. The van der Waals surface area contributed by atoms with Gasteiger partial charge in [-0.25, -0.2) is 0 Å². The van der Waals surface area contributed by atoms with Crippen LogP contribution in [0.15, 0.2) is 57.5 Å². The highest BCUT2D eigenvalue weighted by Crippen LogP contribution is 2.24. The Morgan fingerprint density at radius 3 is 2.31 bits per heavy atom. The molecule has 2 heterocycles. The van der Waals surface area contributed by atoms with E-state index in [0.717, 1.165) is 11.3 Å². The zero-order valence-corrected chi connectivity index (χ0v) is 16.8. The van der Waals surface area contributed by atoms with Gasteiger partial charge in [0.05, 0.1) is 0 Å². The van der Waals surface area contributed by atoms with Crippen LogP contribution < -0.4 is 10.6 Å². The van der Waals surface area contributed by atoms with Gasteiger partial charge in [0.15, 0.2) is 17.2 Å². The van der Waals surface area contributed by atoms with Gasteiger partial charge in [-0.1, -0.05) is 56.3 Å². The summed E-state index contributed by atoms with van der Waals surface area (Å²) in [6, 6.07) is 14.5. The van der Waals surface area contributed by atoms with Crippen molar-refractivity contribution in [2.75, 3.05) is 13.1 Å². The maximum atomic E-state index is 12.2. The standard InChI is InChI=1S/C22H25N3O4/c1-22(2,3)19-11-10-17(28-19)21(27)24-13-7-12-23-20(26)16-14-18(29-25-16)15-8-5-4-6-9-15/h4-6,8-11,14H,7,12-13H2,1-3H3,(H,23,26)(H,24,27). The van der Waals surface area contributed by atoms with Crippen LogP contribution in [-0.4, -0.2) is 30.1 Å². The van der Waals surface area contributed by atoms with E-state index in [9.17, 15) is 9.59 Å². The summed E-state index contributed by atoms with van der Waals surface area (Å²) in [4.78, 5) is 24.3. The minimum atomic E-state index is -0.317. The normalized spacial score (nSPS) is 11.3. The van der Waals surface area contributed by atoms with Gasteiger partial charge in [0.1, 0.15) is 5.76 Å². The van der Waals surface area contributed by atoms with Crippen LogP contribution in [0.25, 0.3) is 11.3 Å². The van der Waals surface area contributed by atoms with E-state index >= 15 is 0 Å². The molecule has 7 heteroatoms. The second-order valence-electron chi connectivity index (χ2n) is 7.72. The molecule has 2 N–H and O–H groups in total. The van der Waals surface area contributed by atoms with Crippen molar-refractivity contribution in [1.29, 1.82) is 0 Å². The van der Waals surface area contributed by atoms with Crippen LogP contribution in [-0.2, 0) is 5.41 Å². The maximum Gasteiger partial charge on any atom is 0.286 e. The summed E-state index contributed by atoms with van der Waals surface area (Å²) in [6.07, 6.45) is 0.577. The molecule has 0 unspecified atom stereocenters. The SMILES string of the molecule is CC(C)(C)c1ccc(C(=O)NCCCNC(=O)c2cc(-c3ccccc3)on2)o1. The van der Waals surface area contributed by atoms with E-state index in [4.69, 9.17) is 8.94 Å². The van der Waals surface area contributed by atoms with E-state index < -0.39 is 0 Å². The quantitative estimate of drug-likeness (QED) is 0.593. The lowest BCUT2D eigenvalue weighted by atomic mass is 9.94. The van der Waals surface area contributed by atoms with Crippen molar-refractivity contribution >= 4 is 11.8 Å². The Kier molecular flexibility index (Phi) is 6.16. The number of carbonyl (C=O) groups is 2. The largest absolute Gasteiger partial charge is 0.455 e. The van der Waals surface area contributed by atoms with Gasteiger partial charge < -0.3 is 19.6 Å². The number of furan rings is 1. The summed E-state index contributed by atoms with van der Waals surface area (Å²) in [5.74, 6) is 1.00. The molecule has 0 saturated heterocycles. The van der Waals surface area contributed by atoms with Crippen LogP contribution in [0.5, 0.6) is 0 Å². The van der Waals surface area contributed by atoms with E-state index in [1.165, 1.54) is 0 Å². The first-order chi connectivity index (χ1) is 13.8. The summed E-state index contributed by atoms with van der Waals surface area (Å²) in [5, 5.41) is 9.36. The van der Waals surface area contributed by atoms with E-state index in [-0.39, 0.29) is 28.7 Å². The van der Waals surface area contributed by atoms with Gasteiger partial charge in [-0.3, -0.25) is 9.59 Å². The fraction of sp³-hybridized carbons (Fsp3) is 0.318. The fourth-order valence-electron chi connectivity index (χ4n) is 2.65. The van der Waals surface area contributed by atoms with Crippen molar-refractivity contribution in [3.8, 4) is 11.3 Å². The highest BCUT2D eigenvalue weighted by molar-refractivity contribution is 5.93. The van der Waals surface area contributed by atoms with Gasteiger partial charge >= 0.3 is 0 Å². The Labute approximate surface area is 169 Å². The molecule has 0 radical (unpaired) electrons. The van der Waals surface area contributed by atoms with E-state index in [2.05, 4.69) is 15.8 Å². The highest BCUT2D eigenvalue weighted by atomic mass is 16.5. The summed E-state index contributed by atoms with van der Waals surface area (Å²) < 4.78 is 10.8. The molecule has 7 nitrogen and oxygen atoms in total. The number of carbonyl (C=O) groups excluding carboxylic acids is 2. The van der Waals surface area contributed by atoms with Crippen LogP contribution in [0, 0.1) is 0 Å². The zero-order valence-electron chi connectivity index (χ0n) is 16.8. The van der Waals surface area contributed by atoms with Crippen molar-refractivity contribution in [3.05, 3.63) is 65.7 Å². The minimum absolute atomic E-state index is 0.149. The number of amides is 2. The Bertz CT molecular complexity index is 967. The van der Waals surface area contributed by atoms with E-state index in [1.54, 1.807) is 12.1 Å². The predicted molar refractivity (Wildman–Crippen MR) is 109 cm³/mol. The Morgan fingerprint density at radius 1 is 0.966 bits per heavy atom. The fourth-order valence-corrected chi connectivity index (χ4v) is 2.65. The Morgan fingerprint density at radius 2 is 1.66 bits per heavy atom. The molecule has 0 atom stereocenters. The monoisotopic (exact) mass is 395 g/mol. The molecular formula is C22H25N3O4. The first-order valence-corrected chi connectivity index (χ1v) is 9.53. The third kappa shape index (κ3) is 5.34. The number of nitrogens with one attached hydrogen (secondary N) is 2. The molecule has 1 aromatic carbocycles. The van der Waals surface area contributed by atoms with E-state index in [1.807, 2.05) is 57.2 Å². The number of hydrogen-bond acceptors (Lipinski definition) is 5. The van der Waals surface area contributed by atoms with Crippen LogP contribution in [0.2, 0.25) is 0 Å². The molecule has 0 aliphatic carbocycles. The molecule has 3 rings (SSSR count). The van der Waals surface area contributed by atoms with Gasteiger partial charge in [0, 0.05) is 30.1 Å². The van der Waals surface area contributed by atoms with Crippen molar-refractivity contribution in [2.24, 2.45) is 0 Å². The molecule has 0 spiro atoms. The lowest BCUT2D eigenvalue weighted by molar-refractivity contribution is 0.0922. The van der Waals surface area contributed by atoms with Crippen molar-refractivity contribution in [2.45, 2.75) is 32.6 Å². The molecular weight excluding hydrogens is 370 g/mol. The average molecular weight is 395 g/mol. The van der Waals surface area contributed by atoms with Crippen molar-refractivity contribution < 1.29 is 18.5 Å². The smallest absolute Gasteiger partial charge is 0.286 e. The minimum Gasteiger partial charge on any atom is -0.455 e. The number of hydrogen-bond donors (Lipinski definition) is 2.